The van der Waals surface area contributed by atoms with Gasteiger partial charge < -0.3 is 14.2 Å². The third kappa shape index (κ3) is 2.28. The van der Waals surface area contributed by atoms with Crippen molar-refractivity contribution >= 4 is 27.6 Å². The highest BCUT2D eigenvalue weighted by Crippen LogP contribution is 2.23. The number of halogens is 1. The summed E-state index contributed by atoms with van der Waals surface area (Å²) in [5, 5.41) is 10.8. The summed E-state index contributed by atoms with van der Waals surface area (Å²) in [6.45, 7) is 0. The lowest BCUT2D eigenvalue weighted by atomic mass is 10.3. The third-order valence-electron chi connectivity index (χ3n) is 2.25. The molecule has 0 aliphatic heterocycles. The average Bonchev–Trinajstić information content (AvgIpc) is 3.02. The second-order valence-electron chi connectivity index (χ2n) is 3.52. The van der Waals surface area contributed by atoms with Crippen molar-refractivity contribution in [3.8, 4) is 11.7 Å². The van der Waals surface area contributed by atoms with Crippen molar-refractivity contribution in [3.05, 3.63) is 47.1 Å². The Morgan fingerprint density at radius 2 is 1.89 bits per heavy atom. The molecular formula is C12H8BrN3O2. The number of hydrogen-bond acceptors (Lipinski definition) is 5. The van der Waals surface area contributed by atoms with Crippen molar-refractivity contribution < 1.29 is 8.83 Å². The standard InChI is InChI=1S/C12H8BrN3O2/c13-8-3-5-9(6-4-8)14-12-16-15-11(18-12)10-2-1-7-17-10/h1-7H,(H,14,16). The minimum Gasteiger partial charge on any atom is -0.459 e. The molecule has 0 spiro atoms. The Balaban J connectivity index is 1.80. The molecule has 0 atom stereocenters. The number of furan rings is 1. The summed E-state index contributed by atoms with van der Waals surface area (Å²) in [6, 6.07) is 11.5. The van der Waals surface area contributed by atoms with Gasteiger partial charge in [-0.2, -0.15) is 0 Å². The summed E-state index contributed by atoms with van der Waals surface area (Å²) >= 11 is 3.37. The summed E-state index contributed by atoms with van der Waals surface area (Å²) in [4.78, 5) is 0. The predicted molar refractivity (Wildman–Crippen MR) is 69.4 cm³/mol. The fourth-order valence-electron chi connectivity index (χ4n) is 1.43. The molecule has 0 bridgehead atoms. The molecule has 2 aromatic heterocycles. The van der Waals surface area contributed by atoms with Gasteiger partial charge in [0.15, 0.2) is 5.76 Å². The van der Waals surface area contributed by atoms with Gasteiger partial charge in [-0.25, -0.2) is 0 Å². The van der Waals surface area contributed by atoms with Crippen LogP contribution in [0.15, 0.2) is 56.0 Å². The van der Waals surface area contributed by atoms with Gasteiger partial charge in [0, 0.05) is 10.2 Å². The molecule has 18 heavy (non-hydrogen) atoms. The largest absolute Gasteiger partial charge is 0.459 e. The van der Waals surface area contributed by atoms with Crippen LogP contribution in [0, 0.1) is 0 Å². The molecule has 3 rings (SSSR count). The van der Waals surface area contributed by atoms with Crippen LogP contribution in [0.1, 0.15) is 0 Å². The molecular weight excluding hydrogens is 298 g/mol. The summed E-state index contributed by atoms with van der Waals surface area (Å²) < 4.78 is 11.6. The molecule has 1 aromatic carbocycles. The van der Waals surface area contributed by atoms with Crippen LogP contribution in [0.3, 0.4) is 0 Å². The lowest BCUT2D eigenvalue weighted by Crippen LogP contribution is -1.89. The SMILES string of the molecule is Brc1ccc(Nc2nnc(-c3ccco3)o2)cc1. The molecule has 0 unspecified atom stereocenters. The molecule has 5 nitrogen and oxygen atoms in total. The Kier molecular flexibility index (Phi) is 2.85. The van der Waals surface area contributed by atoms with Crippen LogP contribution in [0.2, 0.25) is 0 Å². The van der Waals surface area contributed by atoms with Crippen LogP contribution in [0.5, 0.6) is 0 Å². The Labute approximate surface area is 111 Å². The molecule has 2 heterocycles. The predicted octanol–water partition coefficient (Wildman–Crippen LogP) is 3.84. The van der Waals surface area contributed by atoms with E-state index in [1.807, 2.05) is 24.3 Å². The summed E-state index contributed by atoms with van der Waals surface area (Å²) in [5.41, 5.74) is 0.868. The zero-order valence-electron chi connectivity index (χ0n) is 9.13. The maximum atomic E-state index is 5.42. The summed E-state index contributed by atoms with van der Waals surface area (Å²) in [5.74, 6) is 0.894. The van der Waals surface area contributed by atoms with Crippen molar-refractivity contribution in [2.45, 2.75) is 0 Å². The lowest BCUT2D eigenvalue weighted by molar-refractivity contribution is 0.524. The number of benzene rings is 1. The molecule has 0 saturated carbocycles. The van der Waals surface area contributed by atoms with Gasteiger partial charge in [-0.15, -0.1) is 5.10 Å². The molecule has 90 valence electrons. The van der Waals surface area contributed by atoms with Gasteiger partial charge in [-0.3, -0.25) is 0 Å². The summed E-state index contributed by atoms with van der Waals surface area (Å²) in [6.07, 6.45) is 1.56. The molecule has 0 saturated heterocycles. The second-order valence-corrected chi connectivity index (χ2v) is 4.44. The Bertz CT molecular complexity index is 632. The third-order valence-corrected chi connectivity index (χ3v) is 2.78. The van der Waals surface area contributed by atoms with Crippen LogP contribution in [0.25, 0.3) is 11.7 Å². The van der Waals surface area contributed by atoms with Gasteiger partial charge in [0.1, 0.15) is 0 Å². The first-order chi connectivity index (χ1) is 8.81. The number of hydrogen-bond donors (Lipinski definition) is 1. The Morgan fingerprint density at radius 3 is 2.61 bits per heavy atom. The monoisotopic (exact) mass is 305 g/mol. The van der Waals surface area contributed by atoms with Gasteiger partial charge in [-0.05, 0) is 36.4 Å². The van der Waals surface area contributed by atoms with E-state index in [1.165, 1.54) is 0 Å². The van der Waals surface area contributed by atoms with E-state index in [-0.39, 0.29) is 0 Å². The van der Waals surface area contributed by atoms with E-state index in [1.54, 1.807) is 18.4 Å². The first-order valence-electron chi connectivity index (χ1n) is 5.21. The highest BCUT2D eigenvalue weighted by Gasteiger charge is 2.10. The van der Waals surface area contributed by atoms with Gasteiger partial charge in [0.25, 0.3) is 5.89 Å². The van der Waals surface area contributed by atoms with Gasteiger partial charge in [0.05, 0.1) is 6.26 Å². The second kappa shape index (κ2) is 4.66. The number of anilines is 2. The molecule has 0 aliphatic carbocycles. The average molecular weight is 306 g/mol. The van der Waals surface area contributed by atoms with Crippen molar-refractivity contribution in [1.82, 2.24) is 10.2 Å². The number of aromatic nitrogens is 2. The maximum absolute atomic E-state index is 5.42. The van der Waals surface area contributed by atoms with Crippen molar-refractivity contribution in [1.29, 1.82) is 0 Å². The van der Waals surface area contributed by atoms with Gasteiger partial charge >= 0.3 is 6.01 Å². The molecule has 0 amide bonds. The number of nitrogens with one attached hydrogen (secondary N) is 1. The zero-order valence-corrected chi connectivity index (χ0v) is 10.7. The van der Waals surface area contributed by atoms with Gasteiger partial charge in [0.2, 0.25) is 0 Å². The smallest absolute Gasteiger partial charge is 0.320 e. The zero-order chi connectivity index (χ0) is 12.4. The van der Waals surface area contributed by atoms with Crippen LogP contribution in [0.4, 0.5) is 11.7 Å². The van der Waals surface area contributed by atoms with Crippen molar-refractivity contribution in [2.24, 2.45) is 0 Å². The van der Waals surface area contributed by atoms with Crippen LogP contribution in [-0.2, 0) is 0 Å². The van der Waals surface area contributed by atoms with Crippen molar-refractivity contribution in [3.63, 3.8) is 0 Å². The van der Waals surface area contributed by atoms with E-state index >= 15 is 0 Å². The number of rotatable bonds is 3. The Morgan fingerprint density at radius 1 is 1.06 bits per heavy atom. The topological polar surface area (TPSA) is 64.1 Å². The lowest BCUT2D eigenvalue weighted by Gasteiger charge is -1.99. The van der Waals surface area contributed by atoms with E-state index in [4.69, 9.17) is 8.83 Å². The molecule has 0 radical (unpaired) electrons. The van der Waals surface area contributed by atoms with E-state index < -0.39 is 0 Å². The van der Waals surface area contributed by atoms with E-state index in [0.29, 0.717) is 17.7 Å². The van der Waals surface area contributed by atoms with E-state index in [2.05, 4.69) is 31.4 Å². The van der Waals surface area contributed by atoms with E-state index in [0.717, 1.165) is 10.2 Å². The molecule has 1 N–H and O–H groups in total. The molecule has 0 aliphatic rings. The summed E-state index contributed by atoms with van der Waals surface area (Å²) in [7, 11) is 0. The van der Waals surface area contributed by atoms with E-state index in [9.17, 15) is 0 Å². The Hall–Kier alpha value is -2.08. The molecule has 3 aromatic rings. The fraction of sp³-hybridized carbons (Fsp3) is 0. The molecule has 6 heteroatoms. The normalized spacial score (nSPS) is 10.5. The first-order valence-corrected chi connectivity index (χ1v) is 6.00. The maximum Gasteiger partial charge on any atom is 0.320 e. The minimum absolute atomic E-state index is 0.323. The van der Waals surface area contributed by atoms with Crippen LogP contribution < -0.4 is 5.32 Å². The highest BCUT2D eigenvalue weighted by atomic mass is 79.9. The minimum atomic E-state index is 0.323. The highest BCUT2D eigenvalue weighted by molar-refractivity contribution is 9.10. The first kappa shape index (κ1) is 11.0. The quantitative estimate of drug-likeness (QED) is 0.796. The fourth-order valence-corrected chi connectivity index (χ4v) is 1.69. The molecule has 0 fully saturated rings. The van der Waals surface area contributed by atoms with Crippen LogP contribution in [-0.4, -0.2) is 10.2 Å². The van der Waals surface area contributed by atoms with Crippen LogP contribution >= 0.6 is 15.9 Å². The van der Waals surface area contributed by atoms with Gasteiger partial charge in [-0.1, -0.05) is 21.0 Å². The van der Waals surface area contributed by atoms with Crippen molar-refractivity contribution in [2.75, 3.05) is 5.32 Å². The number of nitrogens with zero attached hydrogens (tertiary/aromatic N) is 2.